The molecule has 0 saturated carbocycles. The van der Waals surface area contributed by atoms with Crippen LogP contribution in [0.15, 0.2) is 18.2 Å². The smallest absolute Gasteiger partial charge is 0.422 e. The van der Waals surface area contributed by atoms with Crippen molar-refractivity contribution in [3.63, 3.8) is 0 Å². The van der Waals surface area contributed by atoms with Gasteiger partial charge in [0.05, 0.1) is 11.0 Å². The fraction of sp³-hybridized carbons (Fsp3) is 0.333. The molecule has 0 atom stereocenters. The normalized spacial score (nSPS) is 11.2. The van der Waals surface area contributed by atoms with Crippen molar-refractivity contribution in [1.82, 2.24) is 0 Å². The summed E-state index contributed by atoms with van der Waals surface area (Å²) in [7, 11) is 0. The van der Waals surface area contributed by atoms with E-state index in [1.807, 2.05) is 0 Å². The molecule has 0 heterocycles. The zero-order valence-corrected chi connectivity index (χ0v) is 8.25. The Morgan fingerprint density at radius 3 is 2.56 bits per heavy atom. The van der Waals surface area contributed by atoms with Crippen molar-refractivity contribution >= 4 is 5.69 Å². The lowest BCUT2D eigenvalue weighted by molar-refractivity contribution is -0.385. The molecular formula is C9H8F3NO3. The molecule has 88 valence electrons. The lowest BCUT2D eigenvalue weighted by atomic mass is 10.2. The predicted octanol–water partition coefficient (Wildman–Crippen LogP) is 2.84. The van der Waals surface area contributed by atoms with E-state index in [1.165, 1.54) is 19.1 Å². The number of alkyl halides is 3. The van der Waals surface area contributed by atoms with E-state index >= 15 is 0 Å². The third-order valence-corrected chi connectivity index (χ3v) is 1.77. The molecule has 4 nitrogen and oxygen atoms in total. The van der Waals surface area contributed by atoms with Gasteiger partial charge in [0.25, 0.3) is 5.69 Å². The quantitative estimate of drug-likeness (QED) is 0.597. The maximum Gasteiger partial charge on any atom is 0.422 e. The highest BCUT2D eigenvalue weighted by molar-refractivity contribution is 5.43. The molecule has 16 heavy (non-hydrogen) atoms. The van der Waals surface area contributed by atoms with Crippen LogP contribution in [-0.2, 0) is 0 Å². The van der Waals surface area contributed by atoms with E-state index in [1.54, 1.807) is 0 Å². The minimum Gasteiger partial charge on any atom is -0.484 e. The van der Waals surface area contributed by atoms with Crippen LogP contribution < -0.4 is 4.74 Å². The zero-order valence-electron chi connectivity index (χ0n) is 8.25. The van der Waals surface area contributed by atoms with Gasteiger partial charge in [-0.15, -0.1) is 0 Å². The van der Waals surface area contributed by atoms with Gasteiger partial charge < -0.3 is 4.74 Å². The molecule has 0 aliphatic rings. The Bertz CT molecular complexity index is 403. The van der Waals surface area contributed by atoms with E-state index in [-0.39, 0.29) is 11.4 Å². The fourth-order valence-corrected chi connectivity index (χ4v) is 1.02. The molecule has 0 aromatic heterocycles. The fourth-order valence-electron chi connectivity index (χ4n) is 1.02. The lowest BCUT2D eigenvalue weighted by Gasteiger charge is -2.10. The maximum atomic E-state index is 11.9. The molecule has 0 amide bonds. The van der Waals surface area contributed by atoms with Crippen molar-refractivity contribution in [1.29, 1.82) is 0 Å². The Morgan fingerprint density at radius 1 is 1.44 bits per heavy atom. The highest BCUT2D eigenvalue weighted by Gasteiger charge is 2.28. The standard InChI is InChI=1S/C9H8F3NO3/c1-6-2-3-7(13(14)15)4-8(6)16-5-9(10,11)12/h2-4H,5H2,1H3. The van der Waals surface area contributed by atoms with Gasteiger partial charge >= 0.3 is 6.18 Å². The summed E-state index contributed by atoms with van der Waals surface area (Å²) in [6.45, 7) is 0.0461. The average Bonchev–Trinajstić information content (AvgIpc) is 2.14. The Labute approximate surface area is 88.8 Å². The summed E-state index contributed by atoms with van der Waals surface area (Å²) in [5.41, 5.74) is 0.109. The van der Waals surface area contributed by atoms with Crippen LogP contribution in [0.2, 0.25) is 0 Å². The summed E-state index contributed by atoms with van der Waals surface area (Å²) >= 11 is 0. The molecule has 0 saturated heterocycles. The van der Waals surface area contributed by atoms with Crippen LogP contribution in [0.3, 0.4) is 0 Å². The summed E-state index contributed by atoms with van der Waals surface area (Å²) in [5, 5.41) is 10.4. The molecule has 0 N–H and O–H groups in total. The number of aryl methyl sites for hydroxylation is 1. The van der Waals surface area contributed by atoms with E-state index < -0.39 is 17.7 Å². The number of benzene rings is 1. The molecule has 1 aromatic carbocycles. The number of ether oxygens (including phenoxy) is 1. The highest BCUT2D eigenvalue weighted by Crippen LogP contribution is 2.26. The van der Waals surface area contributed by atoms with Crippen LogP contribution in [0.1, 0.15) is 5.56 Å². The van der Waals surface area contributed by atoms with Gasteiger partial charge in [0.2, 0.25) is 0 Å². The first-order valence-corrected chi connectivity index (χ1v) is 4.24. The molecule has 0 spiro atoms. The largest absolute Gasteiger partial charge is 0.484 e. The van der Waals surface area contributed by atoms with E-state index in [0.717, 1.165) is 6.07 Å². The van der Waals surface area contributed by atoms with Crippen LogP contribution >= 0.6 is 0 Å². The summed E-state index contributed by atoms with van der Waals surface area (Å²) < 4.78 is 40.1. The number of halogens is 3. The summed E-state index contributed by atoms with van der Waals surface area (Å²) in [6, 6.07) is 3.51. The number of nitrogens with zero attached hydrogens (tertiary/aromatic N) is 1. The monoisotopic (exact) mass is 235 g/mol. The van der Waals surface area contributed by atoms with E-state index in [9.17, 15) is 23.3 Å². The Morgan fingerprint density at radius 2 is 2.06 bits per heavy atom. The molecule has 0 radical (unpaired) electrons. The highest BCUT2D eigenvalue weighted by atomic mass is 19.4. The van der Waals surface area contributed by atoms with Gasteiger partial charge in [0.1, 0.15) is 5.75 Å². The second-order valence-electron chi connectivity index (χ2n) is 3.11. The number of hydrogen-bond donors (Lipinski definition) is 0. The minimum atomic E-state index is -4.46. The molecular weight excluding hydrogens is 227 g/mol. The van der Waals surface area contributed by atoms with Crippen molar-refractivity contribution in [3.05, 3.63) is 33.9 Å². The van der Waals surface area contributed by atoms with Gasteiger partial charge in [-0.25, -0.2) is 0 Å². The second-order valence-corrected chi connectivity index (χ2v) is 3.11. The van der Waals surface area contributed by atoms with Crippen molar-refractivity contribution < 1.29 is 22.8 Å². The van der Waals surface area contributed by atoms with Crippen molar-refractivity contribution in [2.24, 2.45) is 0 Å². The van der Waals surface area contributed by atoms with E-state index in [4.69, 9.17) is 0 Å². The van der Waals surface area contributed by atoms with Crippen LogP contribution in [0.25, 0.3) is 0 Å². The Hall–Kier alpha value is -1.79. The van der Waals surface area contributed by atoms with Crippen molar-refractivity contribution in [2.75, 3.05) is 6.61 Å². The summed E-state index contributed by atoms with van der Waals surface area (Å²) in [4.78, 5) is 9.70. The molecule has 1 aromatic rings. The van der Waals surface area contributed by atoms with Crippen LogP contribution in [-0.4, -0.2) is 17.7 Å². The van der Waals surface area contributed by atoms with Crippen LogP contribution in [0.5, 0.6) is 5.75 Å². The third-order valence-electron chi connectivity index (χ3n) is 1.77. The van der Waals surface area contributed by atoms with E-state index in [0.29, 0.717) is 5.56 Å². The molecule has 0 bridgehead atoms. The van der Waals surface area contributed by atoms with E-state index in [2.05, 4.69) is 4.74 Å². The molecule has 0 unspecified atom stereocenters. The van der Waals surface area contributed by atoms with Gasteiger partial charge in [-0.05, 0) is 18.6 Å². The van der Waals surface area contributed by atoms with Gasteiger partial charge in [0, 0.05) is 6.07 Å². The number of hydrogen-bond acceptors (Lipinski definition) is 3. The minimum absolute atomic E-state index is 0.133. The van der Waals surface area contributed by atoms with Crippen molar-refractivity contribution in [3.8, 4) is 5.75 Å². The molecule has 1 rings (SSSR count). The molecule has 7 heteroatoms. The first kappa shape index (κ1) is 12.3. The predicted molar refractivity (Wildman–Crippen MR) is 49.4 cm³/mol. The van der Waals surface area contributed by atoms with Crippen molar-refractivity contribution in [2.45, 2.75) is 13.1 Å². The number of rotatable bonds is 3. The number of nitro benzene ring substituents is 1. The number of nitro groups is 1. The topological polar surface area (TPSA) is 52.4 Å². The Kier molecular flexibility index (Phi) is 3.36. The molecule has 0 aliphatic heterocycles. The van der Waals surface area contributed by atoms with Gasteiger partial charge in [-0.2, -0.15) is 13.2 Å². The zero-order chi connectivity index (χ0) is 12.3. The second kappa shape index (κ2) is 4.38. The van der Waals surface area contributed by atoms with Gasteiger partial charge in [-0.3, -0.25) is 10.1 Å². The first-order chi connectivity index (χ1) is 7.29. The lowest BCUT2D eigenvalue weighted by Crippen LogP contribution is -2.19. The van der Waals surface area contributed by atoms with Gasteiger partial charge in [-0.1, -0.05) is 0 Å². The maximum absolute atomic E-state index is 11.9. The Balaban J connectivity index is 2.86. The molecule has 0 fully saturated rings. The number of non-ortho nitro benzene ring substituents is 1. The third kappa shape index (κ3) is 3.41. The first-order valence-electron chi connectivity index (χ1n) is 4.24. The average molecular weight is 235 g/mol. The van der Waals surface area contributed by atoms with Crippen LogP contribution in [0.4, 0.5) is 18.9 Å². The summed E-state index contributed by atoms with van der Waals surface area (Å²) in [6.07, 6.45) is -4.46. The van der Waals surface area contributed by atoms with Gasteiger partial charge in [0.15, 0.2) is 6.61 Å². The van der Waals surface area contributed by atoms with Crippen LogP contribution in [0, 0.1) is 17.0 Å². The summed E-state index contributed by atoms with van der Waals surface area (Å²) in [5.74, 6) is -0.133. The SMILES string of the molecule is Cc1ccc([N+](=O)[O-])cc1OCC(F)(F)F. The molecule has 0 aliphatic carbocycles.